The number of piperidine rings is 1. The Morgan fingerprint density at radius 1 is 1.13 bits per heavy atom. The van der Waals surface area contributed by atoms with Crippen LogP contribution >= 0.6 is 11.6 Å². The van der Waals surface area contributed by atoms with Crippen molar-refractivity contribution in [1.29, 1.82) is 0 Å². The predicted octanol–water partition coefficient (Wildman–Crippen LogP) is 3.43. The molecule has 30 heavy (non-hydrogen) atoms. The number of nitrogens with zero attached hydrogens (tertiary/aromatic N) is 1. The normalized spacial score (nSPS) is 24.5. The average Bonchev–Trinajstić information content (AvgIpc) is 3.06. The van der Waals surface area contributed by atoms with Gasteiger partial charge in [-0.3, -0.25) is 9.59 Å². The fourth-order valence-corrected chi connectivity index (χ4v) is 4.89. The van der Waals surface area contributed by atoms with Crippen LogP contribution in [0.25, 0.3) is 0 Å². The zero-order valence-electron chi connectivity index (χ0n) is 16.2. The number of hydrogen-bond acceptors (Lipinski definition) is 4. The van der Waals surface area contributed by atoms with E-state index in [2.05, 4.69) is 10.6 Å². The van der Waals surface area contributed by atoms with Crippen LogP contribution in [-0.4, -0.2) is 47.7 Å². The summed E-state index contributed by atoms with van der Waals surface area (Å²) in [7, 11) is 0. The lowest BCUT2D eigenvalue weighted by Crippen LogP contribution is -2.59. The number of anilines is 1. The van der Waals surface area contributed by atoms with E-state index in [0.717, 1.165) is 5.69 Å². The Balaban J connectivity index is 1.29. The van der Waals surface area contributed by atoms with E-state index in [1.165, 1.54) is 12.1 Å². The molecule has 3 aliphatic rings. The minimum atomic E-state index is -0.685. The van der Waals surface area contributed by atoms with Gasteiger partial charge >= 0.3 is 0 Å². The van der Waals surface area contributed by atoms with Crippen LogP contribution in [0.5, 0.6) is 0 Å². The second-order valence-electron chi connectivity index (χ2n) is 8.27. The summed E-state index contributed by atoms with van der Waals surface area (Å²) in [6, 6.07) is 11.2. The molecule has 3 aliphatic heterocycles. The highest BCUT2D eigenvalue weighted by Crippen LogP contribution is 2.43. The summed E-state index contributed by atoms with van der Waals surface area (Å²) >= 11 is 6.01. The van der Waals surface area contributed by atoms with E-state index in [9.17, 15) is 14.0 Å². The second kappa shape index (κ2) is 6.96. The molecular formula is C22H21ClFN3O3. The van der Waals surface area contributed by atoms with Gasteiger partial charge in [-0.1, -0.05) is 23.7 Å². The van der Waals surface area contributed by atoms with Crippen LogP contribution in [0.15, 0.2) is 42.5 Å². The standard InChI is InChI=1S/C22H21ClFN3O3/c23-14-5-6-18-16(11-14)19(28)26-22(25-18)12-21(30-13-22)7-9-27(10-8-21)20(29)15-3-1-2-4-17(15)24/h1-6,11,25H,7-10,12-13H2,(H,26,28)/t22-/m1/s1. The van der Waals surface area contributed by atoms with E-state index < -0.39 is 17.1 Å². The van der Waals surface area contributed by atoms with Crippen molar-refractivity contribution in [2.45, 2.75) is 30.5 Å². The highest BCUT2D eigenvalue weighted by molar-refractivity contribution is 6.31. The number of rotatable bonds is 1. The van der Waals surface area contributed by atoms with Crippen LogP contribution in [0.3, 0.4) is 0 Å². The number of likely N-dealkylation sites (tertiary alicyclic amines) is 1. The SMILES string of the molecule is O=C1N[C@]2(COC3(CCN(C(=O)c4ccccc4F)CC3)C2)Nc2ccc(Cl)cc21. The molecule has 2 fully saturated rings. The van der Waals surface area contributed by atoms with Gasteiger partial charge in [-0.05, 0) is 43.2 Å². The first kappa shape index (κ1) is 19.3. The van der Waals surface area contributed by atoms with Crippen molar-refractivity contribution >= 4 is 29.1 Å². The van der Waals surface area contributed by atoms with Crippen molar-refractivity contribution in [3.8, 4) is 0 Å². The van der Waals surface area contributed by atoms with Gasteiger partial charge in [0, 0.05) is 30.2 Å². The topological polar surface area (TPSA) is 70.7 Å². The number of fused-ring (bicyclic) bond motifs is 1. The number of carbonyl (C=O) groups is 2. The fraction of sp³-hybridized carbons (Fsp3) is 0.364. The molecule has 0 aromatic heterocycles. The maximum Gasteiger partial charge on any atom is 0.256 e. The molecule has 6 nitrogen and oxygen atoms in total. The third kappa shape index (κ3) is 3.22. The van der Waals surface area contributed by atoms with Gasteiger partial charge in [0.1, 0.15) is 11.5 Å². The number of nitrogens with one attached hydrogen (secondary N) is 2. The van der Waals surface area contributed by atoms with Crippen molar-refractivity contribution < 1.29 is 18.7 Å². The van der Waals surface area contributed by atoms with Crippen LogP contribution in [0, 0.1) is 5.82 Å². The Kier molecular flexibility index (Phi) is 4.48. The van der Waals surface area contributed by atoms with E-state index in [4.69, 9.17) is 16.3 Å². The Bertz CT molecular complexity index is 1040. The van der Waals surface area contributed by atoms with Gasteiger partial charge in [0.25, 0.3) is 11.8 Å². The smallest absolute Gasteiger partial charge is 0.256 e. The monoisotopic (exact) mass is 429 g/mol. The van der Waals surface area contributed by atoms with E-state index in [1.54, 1.807) is 35.2 Å². The molecule has 0 unspecified atom stereocenters. The highest BCUT2D eigenvalue weighted by atomic mass is 35.5. The van der Waals surface area contributed by atoms with Gasteiger partial charge in [0.2, 0.25) is 0 Å². The van der Waals surface area contributed by atoms with Gasteiger partial charge in [-0.25, -0.2) is 4.39 Å². The highest BCUT2D eigenvalue weighted by Gasteiger charge is 2.53. The van der Waals surface area contributed by atoms with Crippen molar-refractivity contribution in [2.75, 3.05) is 25.0 Å². The molecule has 2 aromatic carbocycles. The third-order valence-electron chi connectivity index (χ3n) is 6.27. The Morgan fingerprint density at radius 2 is 1.90 bits per heavy atom. The number of hydrogen-bond donors (Lipinski definition) is 2. The summed E-state index contributed by atoms with van der Waals surface area (Å²) in [6.45, 7) is 1.29. The predicted molar refractivity (Wildman–Crippen MR) is 110 cm³/mol. The van der Waals surface area contributed by atoms with Crippen molar-refractivity contribution in [1.82, 2.24) is 10.2 Å². The number of amides is 2. The van der Waals surface area contributed by atoms with Crippen LogP contribution in [0.1, 0.15) is 40.0 Å². The molecule has 8 heteroatoms. The Hall–Kier alpha value is -2.64. The molecule has 2 aromatic rings. The summed E-state index contributed by atoms with van der Waals surface area (Å²) in [4.78, 5) is 27.0. The summed E-state index contributed by atoms with van der Waals surface area (Å²) in [5, 5.41) is 6.98. The van der Waals surface area contributed by atoms with Crippen LogP contribution in [0.2, 0.25) is 5.02 Å². The minimum absolute atomic E-state index is 0.0914. The zero-order valence-corrected chi connectivity index (χ0v) is 17.0. The number of halogens is 2. The van der Waals surface area contributed by atoms with E-state index in [1.807, 2.05) is 0 Å². The molecule has 2 N–H and O–H groups in total. The second-order valence-corrected chi connectivity index (χ2v) is 8.71. The molecule has 0 saturated carbocycles. The minimum Gasteiger partial charge on any atom is -0.370 e. The van der Waals surface area contributed by atoms with Gasteiger partial charge < -0.3 is 20.3 Å². The van der Waals surface area contributed by atoms with Gasteiger partial charge in [0.05, 0.1) is 23.3 Å². The van der Waals surface area contributed by atoms with E-state index in [0.29, 0.717) is 49.5 Å². The van der Waals surface area contributed by atoms with Crippen molar-refractivity contribution in [3.63, 3.8) is 0 Å². The largest absolute Gasteiger partial charge is 0.370 e. The molecule has 3 heterocycles. The molecule has 2 amide bonds. The van der Waals surface area contributed by atoms with Crippen molar-refractivity contribution in [2.24, 2.45) is 0 Å². The molecule has 0 radical (unpaired) electrons. The van der Waals surface area contributed by atoms with Crippen LogP contribution < -0.4 is 10.6 Å². The molecule has 156 valence electrons. The maximum atomic E-state index is 14.0. The summed E-state index contributed by atoms with van der Waals surface area (Å²) < 4.78 is 20.2. The lowest BCUT2D eigenvalue weighted by molar-refractivity contribution is -0.0393. The quantitative estimate of drug-likeness (QED) is 0.728. The van der Waals surface area contributed by atoms with Gasteiger partial charge in [-0.2, -0.15) is 0 Å². The number of benzene rings is 2. The Labute approximate surface area is 178 Å². The van der Waals surface area contributed by atoms with Gasteiger partial charge in [0.15, 0.2) is 0 Å². The molecule has 2 spiro atoms. The molecular weight excluding hydrogens is 409 g/mol. The molecule has 0 bridgehead atoms. The first-order chi connectivity index (χ1) is 14.4. The molecule has 5 rings (SSSR count). The number of ether oxygens (including phenoxy) is 1. The first-order valence-electron chi connectivity index (χ1n) is 9.97. The maximum absolute atomic E-state index is 14.0. The van der Waals surface area contributed by atoms with Crippen LogP contribution in [0.4, 0.5) is 10.1 Å². The zero-order chi connectivity index (χ0) is 20.9. The third-order valence-corrected chi connectivity index (χ3v) is 6.50. The van der Waals surface area contributed by atoms with E-state index >= 15 is 0 Å². The Morgan fingerprint density at radius 3 is 2.67 bits per heavy atom. The first-order valence-corrected chi connectivity index (χ1v) is 10.3. The molecule has 1 atom stereocenters. The lowest BCUT2D eigenvalue weighted by atomic mass is 9.84. The van der Waals surface area contributed by atoms with Crippen molar-refractivity contribution in [3.05, 3.63) is 64.4 Å². The molecule has 2 saturated heterocycles. The lowest BCUT2D eigenvalue weighted by Gasteiger charge is -2.41. The summed E-state index contributed by atoms with van der Waals surface area (Å²) in [6.07, 6.45) is 1.84. The summed E-state index contributed by atoms with van der Waals surface area (Å²) in [5.74, 6) is -0.989. The van der Waals surface area contributed by atoms with E-state index in [-0.39, 0.29) is 17.4 Å². The van der Waals surface area contributed by atoms with Gasteiger partial charge in [-0.15, -0.1) is 0 Å². The summed E-state index contributed by atoms with van der Waals surface area (Å²) in [5.41, 5.74) is 0.218. The average molecular weight is 430 g/mol. The molecule has 0 aliphatic carbocycles. The van der Waals surface area contributed by atoms with Crippen LogP contribution in [-0.2, 0) is 4.74 Å². The number of carbonyl (C=O) groups excluding carboxylic acids is 2. The fourth-order valence-electron chi connectivity index (χ4n) is 4.72.